The predicted molar refractivity (Wildman–Crippen MR) is 85.9 cm³/mol. The fraction of sp³-hybridized carbons (Fsp3) is 0.875. The zero-order valence-electron chi connectivity index (χ0n) is 13.6. The maximum atomic E-state index is 9.66. The van der Waals surface area contributed by atoms with Crippen molar-refractivity contribution in [1.82, 2.24) is 0 Å². The molecule has 0 rings (SSSR count). The summed E-state index contributed by atoms with van der Waals surface area (Å²) in [7, 11) is -1.38. The van der Waals surface area contributed by atoms with Gasteiger partial charge in [-0.05, 0) is 19.3 Å². The van der Waals surface area contributed by atoms with Gasteiger partial charge in [0, 0.05) is 6.61 Å². The molecule has 0 bridgehead atoms. The van der Waals surface area contributed by atoms with Crippen LogP contribution < -0.4 is 0 Å². The Labute approximate surface area is 116 Å². The maximum Gasteiger partial charge on any atom is 0.0616 e. The molecule has 0 aliphatic rings. The van der Waals surface area contributed by atoms with Gasteiger partial charge in [-0.2, -0.15) is 0 Å². The molecule has 0 saturated heterocycles. The number of hydrogen-bond donors (Lipinski definition) is 1. The fourth-order valence-electron chi connectivity index (χ4n) is 3.90. The van der Waals surface area contributed by atoms with Crippen LogP contribution in [0.1, 0.15) is 54.9 Å². The van der Waals surface area contributed by atoms with E-state index in [1.165, 1.54) is 11.6 Å². The average molecular weight is 271 g/mol. The van der Waals surface area contributed by atoms with Crippen molar-refractivity contribution < 1.29 is 5.11 Å². The Kier molecular flexibility index (Phi) is 7.46. The van der Waals surface area contributed by atoms with E-state index in [4.69, 9.17) is 0 Å². The zero-order chi connectivity index (χ0) is 14.5. The smallest absolute Gasteiger partial charge is 0.0616 e. The molecule has 2 heteroatoms. The van der Waals surface area contributed by atoms with Crippen LogP contribution in [0.15, 0.2) is 12.2 Å². The summed E-state index contributed by atoms with van der Waals surface area (Å²) >= 11 is 0. The van der Waals surface area contributed by atoms with Gasteiger partial charge in [0.2, 0.25) is 0 Å². The Morgan fingerprint density at radius 3 is 1.61 bits per heavy atom. The van der Waals surface area contributed by atoms with Gasteiger partial charge < -0.3 is 5.11 Å². The SMILES string of the molecule is C=C(C)CC(CO)C[Si](C(C)C)(C(C)C)C(C)C. The molecule has 0 aromatic heterocycles. The van der Waals surface area contributed by atoms with Crippen molar-refractivity contribution in [2.75, 3.05) is 6.61 Å². The van der Waals surface area contributed by atoms with Crippen molar-refractivity contribution >= 4 is 8.07 Å². The Balaban J connectivity index is 5.14. The minimum Gasteiger partial charge on any atom is -0.396 e. The molecule has 1 unspecified atom stereocenters. The van der Waals surface area contributed by atoms with Crippen LogP contribution in [0.2, 0.25) is 22.7 Å². The molecule has 1 N–H and O–H groups in total. The van der Waals surface area contributed by atoms with Gasteiger partial charge in [-0.15, -0.1) is 6.58 Å². The summed E-state index contributed by atoms with van der Waals surface area (Å²) in [5.74, 6) is 0.418. The predicted octanol–water partition coefficient (Wildman–Crippen LogP) is 5.24. The molecule has 1 atom stereocenters. The van der Waals surface area contributed by atoms with Crippen molar-refractivity contribution in [2.24, 2.45) is 5.92 Å². The van der Waals surface area contributed by atoms with Gasteiger partial charge in [0.1, 0.15) is 0 Å². The number of aliphatic hydroxyl groups is 1. The van der Waals surface area contributed by atoms with E-state index >= 15 is 0 Å². The first-order chi connectivity index (χ1) is 8.18. The molecule has 0 fully saturated rings. The Hall–Kier alpha value is -0.0831. The van der Waals surface area contributed by atoms with Crippen molar-refractivity contribution in [1.29, 1.82) is 0 Å². The summed E-state index contributed by atoms with van der Waals surface area (Å²) < 4.78 is 0. The second kappa shape index (κ2) is 7.49. The summed E-state index contributed by atoms with van der Waals surface area (Å²) in [6.45, 7) is 20.7. The van der Waals surface area contributed by atoms with Gasteiger partial charge in [0.25, 0.3) is 0 Å². The van der Waals surface area contributed by atoms with Gasteiger partial charge in [-0.3, -0.25) is 0 Å². The molecule has 1 nitrogen and oxygen atoms in total. The third-order valence-corrected chi connectivity index (χ3v) is 12.5. The molecule has 0 radical (unpaired) electrons. The van der Waals surface area contributed by atoms with E-state index in [0.717, 1.165) is 23.0 Å². The second-order valence-corrected chi connectivity index (χ2v) is 13.1. The van der Waals surface area contributed by atoms with Gasteiger partial charge in [0.15, 0.2) is 0 Å². The van der Waals surface area contributed by atoms with Gasteiger partial charge >= 0.3 is 0 Å². The van der Waals surface area contributed by atoms with Crippen LogP contribution in [0.3, 0.4) is 0 Å². The minimum atomic E-state index is -1.38. The third kappa shape index (κ3) is 4.24. The number of allylic oxidation sites excluding steroid dienone is 1. The summed E-state index contributed by atoms with van der Waals surface area (Å²) in [4.78, 5) is 0. The van der Waals surface area contributed by atoms with Crippen LogP contribution in [0.5, 0.6) is 0 Å². The molecule has 18 heavy (non-hydrogen) atoms. The lowest BCUT2D eigenvalue weighted by molar-refractivity contribution is 0.234. The molecular weight excluding hydrogens is 236 g/mol. The Bertz CT molecular complexity index is 234. The van der Waals surface area contributed by atoms with E-state index in [1.807, 2.05) is 0 Å². The molecule has 0 amide bonds. The first kappa shape index (κ1) is 17.9. The Morgan fingerprint density at radius 1 is 1.00 bits per heavy atom. The molecule has 0 aromatic carbocycles. The zero-order valence-corrected chi connectivity index (χ0v) is 14.6. The molecule has 0 heterocycles. The van der Waals surface area contributed by atoms with E-state index in [0.29, 0.717) is 12.5 Å². The largest absolute Gasteiger partial charge is 0.396 e. The highest BCUT2D eigenvalue weighted by atomic mass is 28.3. The minimum absolute atomic E-state index is 0.313. The molecule has 0 aliphatic carbocycles. The maximum absolute atomic E-state index is 9.66. The summed E-state index contributed by atoms with van der Waals surface area (Å²) in [5, 5.41) is 9.66. The van der Waals surface area contributed by atoms with Crippen molar-refractivity contribution in [3.63, 3.8) is 0 Å². The lowest BCUT2D eigenvalue weighted by atomic mass is 10.0. The molecule has 0 aliphatic heterocycles. The van der Waals surface area contributed by atoms with Gasteiger partial charge in [-0.25, -0.2) is 0 Å². The van der Waals surface area contributed by atoms with E-state index in [-0.39, 0.29) is 0 Å². The summed E-state index contributed by atoms with van der Waals surface area (Å²) in [6, 6.07) is 1.24. The normalized spacial score (nSPS) is 14.6. The van der Waals surface area contributed by atoms with Gasteiger partial charge in [-0.1, -0.05) is 69.8 Å². The van der Waals surface area contributed by atoms with Crippen LogP contribution in [-0.2, 0) is 0 Å². The van der Waals surface area contributed by atoms with Crippen LogP contribution in [0.25, 0.3) is 0 Å². The van der Waals surface area contributed by atoms with Crippen LogP contribution >= 0.6 is 0 Å². The Morgan fingerprint density at radius 2 is 1.39 bits per heavy atom. The van der Waals surface area contributed by atoms with Crippen molar-refractivity contribution in [3.05, 3.63) is 12.2 Å². The lowest BCUT2D eigenvalue weighted by Gasteiger charge is -2.45. The topological polar surface area (TPSA) is 20.2 Å². The first-order valence-electron chi connectivity index (χ1n) is 7.43. The molecule has 0 spiro atoms. The van der Waals surface area contributed by atoms with Crippen LogP contribution in [-0.4, -0.2) is 19.8 Å². The fourth-order valence-corrected chi connectivity index (χ4v) is 10.6. The van der Waals surface area contributed by atoms with Crippen molar-refractivity contribution in [2.45, 2.75) is 77.6 Å². The molecular formula is C16H34OSi. The number of hydrogen-bond acceptors (Lipinski definition) is 1. The quantitative estimate of drug-likeness (QED) is 0.472. The lowest BCUT2D eigenvalue weighted by Crippen LogP contribution is -2.46. The van der Waals surface area contributed by atoms with E-state index in [2.05, 4.69) is 55.0 Å². The van der Waals surface area contributed by atoms with Crippen molar-refractivity contribution in [3.8, 4) is 0 Å². The first-order valence-corrected chi connectivity index (χ1v) is 9.87. The summed E-state index contributed by atoms with van der Waals surface area (Å²) in [6.07, 6.45) is 0.984. The monoisotopic (exact) mass is 270 g/mol. The highest BCUT2D eigenvalue weighted by Gasteiger charge is 2.43. The molecule has 0 aromatic rings. The van der Waals surface area contributed by atoms with E-state index in [1.54, 1.807) is 0 Å². The standard InChI is InChI=1S/C16H34OSi/c1-12(2)9-16(10-17)11-18(13(3)4,14(5)6)15(7)8/h13-17H,1,9-11H2,2-8H3. The average Bonchev–Trinajstić information content (AvgIpc) is 2.21. The van der Waals surface area contributed by atoms with Crippen LogP contribution in [0.4, 0.5) is 0 Å². The second-order valence-electron chi connectivity index (χ2n) is 6.99. The molecule has 108 valence electrons. The molecule has 0 saturated carbocycles. The van der Waals surface area contributed by atoms with Crippen LogP contribution in [0, 0.1) is 5.92 Å². The van der Waals surface area contributed by atoms with E-state index < -0.39 is 8.07 Å². The number of aliphatic hydroxyl groups excluding tert-OH is 1. The third-order valence-electron chi connectivity index (χ3n) is 4.76. The van der Waals surface area contributed by atoms with Gasteiger partial charge in [0.05, 0.1) is 8.07 Å². The highest BCUT2D eigenvalue weighted by molar-refractivity contribution is 6.83. The number of rotatable bonds is 8. The highest BCUT2D eigenvalue weighted by Crippen LogP contribution is 2.46. The van der Waals surface area contributed by atoms with E-state index in [9.17, 15) is 5.11 Å². The summed E-state index contributed by atoms with van der Waals surface area (Å²) in [5.41, 5.74) is 3.53.